The molecule has 2 aromatic rings. The van der Waals surface area contributed by atoms with Gasteiger partial charge in [0, 0.05) is 25.2 Å². The maximum absolute atomic E-state index is 12.8. The molecule has 1 atom stereocenters. The molecule has 8 nitrogen and oxygen atoms in total. The molecule has 1 aliphatic rings. The van der Waals surface area contributed by atoms with Crippen molar-refractivity contribution in [2.24, 2.45) is 5.92 Å². The third kappa shape index (κ3) is 5.86. The fourth-order valence-corrected chi connectivity index (χ4v) is 4.60. The Morgan fingerprint density at radius 1 is 1.09 bits per heavy atom. The summed E-state index contributed by atoms with van der Waals surface area (Å²) in [6.07, 6.45) is 1.47. The number of rotatable bonds is 8. The summed E-state index contributed by atoms with van der Waals surface area (Å²) in [5.41, 5.74) is 1.22. The molecule has 1 amide bonds. The number of nitrogens with zero attached hydrogens (tertiary/aromatic N) is 1. The molecule has 0 unspecified atom stereocenters. The number of esters is 1. The van der Waals surface area contributed by atoms with Gasteiger partial charge in [0.1, 0.15) is 5.75 Å². The van der Waals surface area contributed by atoms with Crippen LogP contribution < -0.4 is 9.46 Å². The Kier molecular flexibility index (Phi) is 7.87. The summed E-state index contributed by atoms with van der Waals surface area (Å²) in [4.78, 5) is 26.7. The van der Waals surface area contributed by atoms with Crippen LogP contribution >= 0.6 is 0 Å². The summed E-state index contributed by atoms with van der Waals surface area (Å²) in [6.45, 7) is 3.13. The molecule has 0 spiro atoms. The molecule has 2 aromatic carbocycles. The van der Waals surface area contributed by atoms with E-state index in [4.69, 9.17) is 9.47 Å². The number of benzene rings is 2. The summed E-state index contributed by atoms with van der Waals surface area (Å²) in [5.74, 6) is -0.125. The molecule has 0 saturated carbocycles. The van der Waals surface area contributed by atoms with Crippen molar-refractivity contribution in [3.05, 3.63) is 59.7 Å². The van der Waals surface area contributed by atoms with Gasteiger partial charge in [0.05, 0.1) is 24.5 Å². The first-order valence-corrected chi connectivity index (χ1v) is 12.0. The van der Waals surface area contributed by atoms with E-state index < -0.39 is 10.0 Å². The van der Waals surface area contributed by atoms with E-state index in [-0.39, 0.29) is 29.2 Å². The first-order chi connectivity index (χ1) is 15.3. The molecule has 0 bridgehead atoms. The number of hydrogen-bond donors (Lipinski definition) is 1. The maximum Gasteiger partial charge on any atom is 0.310 e. The standard InChI is InChI=1S/C23H28N2O6S/c1-3-31-23(27)19-5-4-14-25(16-19)22(26)18-8-6-17(7-9-18)15-24-32(28,29)21-12-10-20(30-2)11-13-21/h6-13,19,24H,3-5,14-16H2,1-2H3/t19-/m0/s1. The maximum atomic E-state index is 12.8. The van der Waals surface area contributed by atoms with E-state index in [1.165, 1.54) is 19.2 Å². The second kappa shape index (κ2) is 10.6. The number of amides is 1. The number of nitrogens with one attached hydrogen (secondary N) is 1. The monoisotopic (exact) mass is 460 g/mol. The number of piperidine rings is 1. The number of carbonyl (C=O) groups excluding carboxylic acids is 2. The fourth-order valence-electron chi connectivity index (χ4n) is 3.58. The number of likely N-dealkylation sites (tertiary alicyclic amines) is 1. The lowest BCUT2D eigenvalue weighted by molar-refractivity contribution is -0.149. The molecular formula is C23H28N2O6S. The first-order valence-electron chi connectivity index (χ1n) is 10.5. The normalized spacial score (nSPS) is 16.4. The van der Waals surface area contributed by atoms with Crippen LogP contribution in [-0.2, 0) is 26.1 Å². The molecule has 1 fully saturated rings. The number of ether oxygens (including phenoxy) is 2. The van der Waals surface area contributed by atoms with Crippen LogP contribution in [0.5, 0.6) is 5.75 Å². The van der Waals surface area contributed by atoms with Gasteiger partial charge in [-0.3, -0.25) is 9.59 Å². The van der Waals surface area contributed by atoms with Crippen LogP contribution in [0, 0.1) is 5.92 Å². The Labute approximate surface area is 188 Å². The SMILES string of the molecule is CCOC(=O)[C@H]1CCCN(C(=O)c2ccc(CNS(=O)(=O)c3ccc(OC)cc3)cc2)C1. The van der Waals surface area contributed by atoms with E-state index in [1.54, 1.807) is 48.2 Å². The number of hydrogen-bond acceptors (Lipinski definition) is 6. The Hall–Kier alpha value is -2.91. The lowest BCUT2D eigenvalue weighted by atomic mass is 9.97. The summed E-state index contributed by atoms with van der Waals surface area (Å²) in [5, 5.41) is 0. The van der Waals surface area contributed by atoms with E-state index in [9.17, 15) is 18.0 Å². The zero-order valence-corrected chi connectivity index (χ0v) is 19.1. The average Bonchev–Trinajstić information content (AvgIpc) is 2.83. The Morgan fingerprint density at radius 2 is 1.78 bits per heavy atom. The quantitative estimate of drug-likeness (QED) is 0.608. The highest BCUT2D eigenvalue weighted by Crippen LogP contribution is 2.20. The fraction of sp³-hybridized carbons (Fsp3) is 0.391. The third-order valence-electron chi connectivity index (χ3n) is 5.37. The van der Waals surface area contributed by atoms with Gasteiger partial charge in [-0.05, 0) is 61.7 Å². The topological polar surface area (TPSA) is 102 Å². The summed E-state index contributed by atoms with van der Waals surface area (Å²) in [6, 6.07) is 12.9. The Bertz CT molecular complexity index is 1040. The van der Waals surface area contributed by atoms with E-state index in [0.717, 1.165) is 18.4 Å². The van der Waals surface area contributed by atoms with Crippen LogP contribution in [0.3, 0.4) is 0 Å². The Balaban J connectivity index is 1.59. The molecular weight excluding hydrogens is 432 g/mol. The van der Waals surface area contributed by atoms with Crippen LogP contribution in [0.15, 0.2) is 53.4 Å². The molecule has 1 aliphatic heterocycles. The smallest absolute Gasteiger partial charge is 0.310 e. The minimum Gasteiger partial charge on any atom is -0.497 e. The minimum atomic E-state index is -3.67. The first kappa shape index (κ1) is 23.7. The Morgan fingerprint density at radius 3 is 2.41 bits per heavy atom. The van der Waals surface area contributed by atoms with Crippen LogP contribution in [0.1, 0.15) is 35.7 Å². The lowest BCUT2D eigenvalue weighted by Gasteiger charge is -2.31. The van der Waals surface area contributed by atoms with E-state index >= 15 is 0 Å². The van der Waals surface area contributed by atoms with Crippen molar-refractivity contribution in [1.29, 1.82) is 0 Å². The summed E-state index contributed by atoms with van der Waals surface area (Å²) >= 11 is 0. The highest BCUT2D eigenvalue weighted by Gasteiger charge is 2.29. The molecule has 1 N–H and O–H groups in total. The van der Waals surface area contributed by atoms with Gasteiger partial charge < -0.3 is 14.4 Å². The highest BCUT2D eigenvalue weighted by molar-refractivity contribution is 7.89. The van der Waals surface area contributed by atoms with E-state index in [2.05, 4.69) is 4.72 Å². The van der Waals surface area contributed by atoms with Crippen molar-refractivity contribution in [2.45, 2.75) is 31.2 Å². The highest BCUT2D eigenvalue weighted by atomic mass is 32.2. The van der Waals surface area contributed by atoms with E-state index in [1.807, 2.05) is 0 Å². The summed E-state index contributed by atoms with van der Waals surface area (Å²) in [7, 11) is -2.16. The lowest BCUT2D eigenvalue weighted by Crippen LogP contribution is -2.42. The van der Waals surface area contributed by atoms with Gasteiger partial charge in [-0.2, -0.15) is 0 Å². The molecule has 1 saturated heterocycles. The van der Waals surface area contributed by atoms with Gasteiger partial charge in [0.15, 0.2) is 0 Å². The largest absolute Gasteiger partial charge is 0.497 e. The summed E-state index contributed by atoms with van der Waals surface area (Å²) < 4.78 is 37.6. The molecule has 1 heterocycles. The van der Waals surface area contributed by atoms with Crippen LogP contribution in [0.2, 0.25) is 0 Å². The van der Waals surface area contributed by atoms with Crippen molar-refractivity contribution < 1.29 is 27.5 Å². The molecule has 172 valence electrons. The predicted octanol–water partition coefficient (Wildman–Crippen LogP) is 2.59. The van der Waals surface area contributed by atoms with Crippen molar-refractivity contribution in [3.8, 4) is 5.75 Å². The molecule has 32 heavy (non-hydrogen) atoms. The van der Waals surface area contributed by atoms with Gasteiger partial charge in [-0.25, -0.2) is 13.1 Å². The van der Waals surface area contributed by atoms with Crippen molar-refractivity contribution in [2.75, 3.05) is 26.8 Å². The van der Waals surface area contributed by atoms with Crippen LogP contribution in [0.25, 0.3) is 0 Å². The van der Waals surface area contributed by atoms with Gasteiger partial charge in [0.25, 0.3) is 5.91 Å². The van der Waals surface area contributed by atoms with Gasteiger partial charge in [-0.15, -0.1) is 0 Å². The number of sulfonamides is 1. The molecule has 0 aliphatic carbocycles. The average molecular weight is 461 g/mol. The van der Waals surface area contributed by atoms with Crippen molar-refractivity contribution >= 4 is 21.9 Å². The third-order valence-corrected chi connectivity index (χ3v) is 6.78. The van der Waals surface area contributed by atoms with Gasteiger partial charge in [-0.1, -0.05) is 12.1 Å². The van der Waals surface area contributed by atoms with E-state index in [0.29, 0.717) is 31.0 Å². The second-order valence-corrected chi connectivity index (χ2v) is 9.31. The van der Waals surface area contributed by atoms with Gasteiger partial charge in [0.2, 0.25) is 10.0 Å². The number of carbonyl (C=O) groups is 2. The molecule has 9 heteroatoms. The predicted molar refractivity (Wildman–Crippen MR) is 119 cm³/mol. The number of methoxy groups -OCH3 is 1. The second-order valence-electron chi connectivity index (χ2n) is 7.54. The van der Waals surface area contributed by atoms with Gasteiger partial charge >= 0.3 is 5.97 Å². The minimum absolute atomic E-state index is 0.0947. The van der Waals surface area contributed by atoms with Crippen LogP contribution in [-0.4, -0.2) is 52.0 Å². The zero-order valence-electron chi connectivity index (χ0n) is 18.2. The van der Waals surface area contributed by atoms with Crippen molar-refractivity contribution in [3.63, 3.8) is 0 Å². The molecule has 0 radical (unpaired) electrons. The van der Waals surface area contributed by atoms with Crippen molar-refractivity contribution in [1.82, 2.24) is 9.62 Å². The van der Waals surface area contributed by atoms with Crippen LogP contribution in [0.4, 0.5) is 0 Å². The molecule has 3 rings (SSSR count). The zero-order chi connectivity index (χ0) is 23.1. The molecule has 0 aromatic heterocycles.